The molecule has 0 amide bonds. The lowest BCUT2D eigenvalue weighted by Gasteiger charge is -2.13. The van der Waals surface area contributed by atoms with Crippen molar-refractivity contribution in [3.63, 3.8) is 0 Å². The second kappa shape index (κ2) is 6.45. The van der Waals surface area contributed by atoms with Gasteiger partial charge in [0.1, 0.15) is 6.10 Å². The Bertz CT molecular complexity index is 703. The highest BCUT2D eigenvalue weighted by molar-refractivity contribution is 5.67. The number of nitro benzene ring substituents is 1. The van der Waals surface area contributed by atoms with Gasteiger partial charge >= 0.3 is 0 Å². The van der Waals surface area contributed by atoms with Crippen LogP contribution in [0.25, 0.3) is 11.1 Å². The molecule has 6 nitrogen and oxygen atoms in total. The van der Waals surface area contributed by atoms with E-state index in [9.17, 15) is 15.2 Å². The molecule has 120 valence electrons. The van der Waals surface area contributed by atoms with Gasteiger partial charge in [-0.15, -0.1) is 0 Å². The molecule has 1 saturated heterocycles. The van der Waals surface area contributed by atoms with Crippen LogP contribution in [0.1, 0.15) is 18.1 Å². The highest BCUT2D eigenvalue weighted by Crippen LogP contribution is 2.39. The predicted octanol–water partition coefficient (Wildman–Crippen LogP) is 2.44. The van der Waals surface area contributed by atoms with E-state index in [-0.39, 0.29) is 18.7 Å². The number of aliphatic hydroxyl groups excluding tert-OH is 2. The van der Waals surface area contributed by atoms with Gasteiger partial charge in [-0.1, -0.05) is 36.4 Å². The molecule has 0 aliphatic carbocycles. The zero-order valence-electron chi connectivity index (χ0n) is 12.3. The first kappa shape index (κ1) is 15.6. The normalized spacial score (nSPS) is 23.8. The molecule has 0 aromatic heterocycles. The van der Waals surface area contributed by atoms with Crippen molar-refractivity contribution in [2.75, 3.05) is 6.61 Å². The predicted molar refractivity (Wildman–Crippen MR) is 83.9 cm³/mol. The summed E-state index contributed by atoms with van der Waals surface area (Å²) >= 11 is 0. The molecule has 1 heterocycles. The van der Waals surface area contributed by atoms with Gasteiger partial charge in [-0.25, -0.2) is 0 Å². The minimum absolute atomic E-state index is 0.0397. The van der Waals surface area contributed by atoms with Gasteiger partial charge < -0.3 is 14.9 Å². The van der Waals surface area contributed by atoms with E-state index >= 15 is 0 Å². The van der Waals surface area contributed by atoms with Crippen LogP contribution in [-0.2, 0) is 4.74 Å². The Hall–Kier alpha value is -2.28. The van der Waals surface area contributed by atoms with Crippen LogP contribution in [0.15, 0.2) is 48.5 Å². The van der Waals surface area contributed by atoms with Crippen LogP contribution < -0.4 is 0 Å². The molecule has 0 spiro atoms. The first-order valence-corrected chi connectivity index (χ1v) is 7.38. The summed E-state index contributed by atoms with van der Waals surface area (Å²) in [6.07, 6.45) is -1.88. The van der Waals surface area contributed by atoms with E-state index in [1.165, 1.54) is 6.07 Å². The molecule has 1 aliphatic rings. The van der Waals surface area contributed by atoms with E-state index in [1.54, 1.807) is 12.1 Å². The average Bonchev–Trinajstić information content (AvgIpc) is 2.96. The van der Waals surface area contributed by atoms with Crippen molar-refractivity contribution < 1.29 is 19.9 Å². The molecule has 2 N–H and O–H groups in total. The Balaban J connectivity index is 1.97. The summed E-state index contributed by atoms with van der Waals surface area (Å²) in [5, 5.41) is 30.4. The first-order chi connectivity index (χ1) is 11.1. The van der Waals surface area contributed by atoms with Crippen molar-refractivity contribution in [1.82, 2.24) is 0 Å². The quantitative estimate of drug-likeness (QED) is 0.668. The lowest BCUT2D eigenvalue weighted by Crippen LogP contribution is -2.24. The zero-order chi connectivity index (χ0) is 16.4. The number of ether oxygens (including phenoxy) is 1. The van der Waals surface area contributed by atoms with Gasteiger partial charge in [-0.3, -0.25) is 10.1 Å². The number of hydrogen-bond acceptors (Lipinski definition) is 5. The maximum Gasteiger partial charge on any atom is 0.275 e. The van der Waals surface area contributed by atoms with Gasteiger partial charge in [-0.05, 0) is 17.2 Å². The molecule has 6 heteroatoms. The molecular weight excluding hydrogens is 298 g/mol. The van der Waals surface area contributed by atoms with Crippen LogP contribution >= 0.6 is 0 Å². The Morgan fingerprint density at radius 2 is 1.91 bits per heavy atom. The lowest BCUT2D eigenvalue weighted by molar-refractivity contribution is -0.386. The van der Waals surface area contributed by atoms with Gasteiger partial charge in [0, 0.05) is 12.5 Å². The molecule has 0 saturated carbocycles. The summed E-state index contributed by atoms with van der Waals surface area (Å²) < 4.78 is 5.54. The van der Waals surface area contributed by atoms with E-state index in [4.69, 9.17) is 9.84 Å². The van der Waals surface area contributed by atoms with Crippen molar-refractivity contribution in [3.05, 3.63) is 64.2 Å². The standard InChI is InChI=1S/C17H17NO5/c19-10-17-15(20)9-16(23-17)13-7-6-12(8-14(13)18(21)22)11-4-2-1-3-5-11/h1-8,15-17,19-20H,9-10H2/t15-,16+,17+/m0/s1. The Labute approximate surface area is 133 Å². The molecule has 0 bridgehead atoms. The fraction of sp³-hybridized carbons (Fsp3) is 0.294. The third-order valence-electron chi connectivity index (χ3n) is 4.08. The van der Waals surface area contributed by atoms with Crippen molar-refractivity contribution in [3.8, 4) is 11.1 Å². The molecule has 1 fully saturated rings. The molecule has 2 aromatic rings. The summed E-state index contributed by atoms with van der Waals surface area (Å²) in [6.45, 7) is -0.312. The largest absolute Gasteiger partial charge is 0.394 e. The van der Waals surface area contributed by atoms with Crippen LogP contribution in [0.3, 0.4) is 0 Å². The third-order valence-corrected chi connectivity index (χ3v) is 4.08. The maximum absolute atomic E-state index is 11.4. The van der Waals surface area contributed by atoms with Crippen molar-refractivity contribution in [1.29, 1.82) is 0 Å². The molecule has 3 rings (SSSR count). The molecule has 2 aromatic carbocycles. The second-order valence-electron chi connectivity index (χ2n) is 5.55. The highest BCUT2D eigenvalue weighted by atomic mass is 16.6. The second-order valence-corrected chi connectivity index (χ2v) is 5.55. The highest BCUT2D eigenvalue weighted by Gasteiger charge is 2.37. The maximum atomic E-state index is 11.4. The number of hydrogen-bond donors (Lipinski definition) is 2. The van der Waals surface area contributed by atoms with E-state index < -0.39 is 23.2 Å². The summed E-state index contributed by atoms with van der Waals surface area (Å²) in [6, 6.07) is 14.4. The van der Waals surface area contributed by atoms with Gasteiger partial charge in [0.05, 0.1) is 29.3 Å². The minimum Gasteiger partial charge on any atom is -0.394 e. The topological polar surface area (TPSA) is 92.8 Å². The fourth-order valence-electron chi connectivity index (χ4n) is 2.88. The van der Waals surface area contributed by atoms with Gasteiger partial charge in [0.2, 0.25) is 0 Å². The summed E-state index contributed by atoms with van der Waals surface area (Å²) in [4.78, 5) is 11.0. The lowest BCUT2D eigenvalue weighted by atomic mass is 9.98. The minimum atomic E-state index is -0.821. The first-order valence-electron chi connectivity index (χ1n) is 7.38. The summed E-state index contributed by atoms with van der Waals surface area (Å²) in [7, 11) is 0. The third kappa shape index (κ3) is 3.10. The van der Waals surface area contributed by atoms with E-state index in [0.29, 0.717) is 5.56 Å². The van der Waals surface area contributed by atoms with Crippen molar-refractivity contribution in [2.24, 2.45) is 0 Å². The monoisotopic (exact) mass is 315 g/mol. The van der Waals surface area contributed by atoms with E-state index in [2.05, 4.69) is 0 Å². The average molecular weight is 315 g/mol. The van der Waals surface area contributed by atoms with Crippen LogP contribution in [0.5, 0.6) is 0 Å². The number of rotatable bonds is 4. The van der Waals surface area contributed by atoms with Crippen LogP contribution in [0.4, 0.5) is 5.69 Å². The Morgan fingerprint density at radius 1 is 1.17 bits per heavy atom. The van der Waals surface area contributed by atoms with Crippen LogP contribution in [-0.4, -0.2) is 34.0 Å². The Morgan fingerprint density at radius 3 is 2.52 bits per heavy atom. The smallest absolute Gasteiger partial charge is 0.275 e. The van der Waals surface area contributed by atoms with Crippen molar-refractivity contribution in [2.45, 2.75) is 24.7 Å². The molecule has 3 atom stereocenters. The van der Waals surface area contributed by atoms with Crippen molar-refractivity contribution >= 4 is 5.69 Å². The molecule has 23 heavy (non-hydrogen) atoms. The van der Waals surface area contributed by atoms with Crippen LogP contribution in [0, 0.1) is 10.1 Å². The summed E-state index contributed by atoms with van der Waals surface area (Å²) in [5.74, 6) is 0. The van der Waals surface area contributed by atoms with Crippen LogP contribution in [0.2, 0.25) is 0 Å². The number of aliphatic hydroxyl groups is 2. The van der Waals surface area contributed by atoms with E-state index in [1.807, 2.05) is 30.3 Å². The molecule has 0 radical (unpaired) electrons. The van der Waals surface area contributed by atoms with Gasteiger partial charge in [-0.2, -0.15) is 0 Å². The molecular formula is C17H17NO5. The fourth-order valence-corrected chi connectivity index (χ4v) is 2.88. The molecule has 1 aliphatic heterocycles. The SMILES string of the molecule is O=[N+]([O-])c1cc(-c2ccccc2)ccc1[C@H]1C[C@H](O)[C@@H](CO)O1. The number of benzene rings is 2. The number of nitrogens with zero attached hydrogens (tertiary/aromatic N) is 1. The summed E-state index contributed by atoms with van der Waals surface area (Å²) in [5.41, 5.74) is 2.02. The van der Waals surface area contributed by atoms with E-state index in [0.717, 1.165) is 11.1 Å². The van der Waals surface area contributed by atoms with Gasteiger partial charge in [0.25, 0.3) is 5.69 Å². The number of nitro groups is 1. The zero-order valence-corrected chi connectivity index (χ0v) is 12.3. The Kier molecular flexibility index (Phi) is 4.38. The van der Waals surface area contributed by atoms with Gasteiger partial charge in [0.15, 0.2) is 0 Å². The molecule has 0 unspecified atom stereocenters.